The third-order valence-corrected chi connectivity index (χ3v) is 12.8. The topological polar surface area (TPSA) is 199 Å². The summed E-state index contributed by atoms with van der Waals surface area (Å²) in [5, 5.41) is 9.53. The fourth-order valence-electron chi connectivity index (χ4n) is 5.38. The lowest BCUT2D eigenvalue weighted by atomic mass is 9.83. The number of allylic oxidation sites excluding steroid dienone is 3. The Labute approximate surface area is 299 Å². The van der Waals surface area contributed by atoms with E-state index in [1.807, 2.05) is 31.7 Å². The number of carboxylic acids is 1. The predicted octanol–water partition coefficient (Wildman–Crippen LogP) is 5.53. The molecular formula is C33H45N3O10S4. The van der Waals surface area contributed by atoms with Crippen LogP contribution in [-0.2, 0) is 40.5 Å². The van der Waals surface area contributed by atoms with Gasteiger partial charge < -0.3 is 10.0 Å². The summed E-state index contributed by atoms with van der Waals surface area (Å²) >= 11 is 1.25. The Morgan fingerprint density at radius 1 is 0.940 bits per heavy atom. The van der Waals surface area contributed by atoms with Gasteiger partial charge in [0.15, 0.2) is 0 Å². The van der Waals surface area contributed by atoms with E-state index in [9.17, 15) is 34.6 Å². The van der Waals surface area contributed by atoms with Crippen molar-refractivity contribution in [2.45, 2.75) is 79.4 Å². The molecule has 17 heteroatoms. The SMILES string of the molecule is Cc1ccc(S(=O)(=O)N(C)C)cc1SC(/C=C/C=C1/N(CCCCCC(=O)O)c2ccc(S(=O)(=O)O)cc2C1(C)C)=N/CCCCS(=O)(=O)O. The Hall–Kier alpha value is -3.06. The van der Waals surface area contributed by atoms with Crippen molar-refractivity contribution >= 4 is 58.7 Å². The zero-order valence-corrected chi connectivity index (χ0v) is 32.0. The molecule has 1 aliphatic rings. The number of hydrogen-bond acceptors (Lipinski definition) is 10. The Kier molecular flexibility index (Phi) is 14.0. The lowest BCUT2D eigenvalue weighted by Gasteiger charge is -2.27. The first kappa shape index (κ1) is 41.4. The molecule has 0 aromatic heterocycles. The molecule has 3 rings (SSSR count). The van der Waals surface area contributed by atoms with Crippen LogP contribution in [0.25, 0.3) is 0 Å². The van der Waals surface area contributed by atoms with Gasteiger partial charge in [0.2, 0.25) is 10.0 Å². The van der Waals surface area contributed by atoms with Crippen LogP contribution in [0, 0.1) is 6.92 Å². The summed E-state index contributed by atoms with van der Waals surface area (Å²) in [6.45, 7) is 6.48. The van der Waals surface area contributed by atoms with E-state index in [1.165, 1.54) is 44.1 Å². The van der Waals surface area contributed by atoms with Crippen molar-refractivity contribution in [3.05, 3.63) is 71.5 Å². The highest BCUT2D eigenvalue weighted by Gasteiger charge is 2.40. The van der Waals surface area contributed by atoms with E-state index in [-0.39, 0.29) is 29.2 Å². The molecule has 0 fully saturated rings. The number of nitrogens with zero attached hydrogens (tertiary/aromatic N) is 3. The minimum Gasteiger partial charge on any atom is -0.481 e. The van der Waals surface area contributed by atoms with Crippen molar-refractivity contribution in [3.8, 4) is 0 Å². The molecule has 0 spiro atoms. The van der Waals surface area contributed by atoms with Gasteiger partial charge in [0, 0.05) is 55.3 Å². The first-order valence-electron chi connectivity index (χ1n) is 15.9. The maximum atomic E-state index is 12.8. The molecule has 1 aliphatic heterocycles. The highest BCUT2D eigenvalue weighted by Crippen LogP contribution is 2.48. The van der Waals surface area contributed by atoms with Gasteiger partial charge in [-0.25, -0.2) is 12.7 Å². The van der Waals surface area contributed by atoms with E-state index in [0.717, 1.165) is 21.3 Å². The van der Waals surface area contributed by atoms with Crippen LogP contribution in [0.4, 0.5) is 5.69 Å². The molecule has 0 bridgehead atoms. The van der Waals surface area contributed by atoms with Crippen LogP contribution >= 0.6 is 11.8 Å². The number of anilines is 1. The predicted molar refractivity (Wildman–Crippen MR) is 196 cm³/mol. The van der Waals surface area contributed by atoms with Crippen LogP contribution in [0.1, 0.15) is 63.5 Å². The Morgan fingerprint density at radius 3 is 2.24 bits per heavy atom. The second-order valence-electron chi connectivity index (χ2n) is 12.6. The number of hydrogen-bond donors (Lipinski definition) is 3. The molecule has 0 aliphatic carbocycles. The molecule has 0 amide bonds. The van der Waals surface area contributed by atoms with Crippen molar-refractivity contribution in [2.24, 2.45) is 4.99 Å². The van der Waals surface area contributed by atoms with Crippen LogP contribution in [0.3, 0.4) is 0 Å². The number of thioether (sulfide) groups is 1. The van der Waals surface area contributed by atoms with Crippen molar-refractivity contribution in [3.63, 3.8) is 0 Å². The van der Waals surface area contributed by atoms with Crippen LogP contribution in [0.15, 0.2) is 80.0 Å². The zero-order chi connectivity index (χ0) is 37.5. The van der Waals surface area contributed by atoms with Gasteiger partial charge >= 0.3 is 5.97 Å². The van der Waals surface area contributed by atoms with Gasteiger partial charge in [-0.3, -0.25) is 18.9 Å². The van der Waals surface area contributed by atoms with E-state index in [0.29, 0.717) is 47.7 Å². The highest BCUT2D eigenvalue weighted by atomic mass is 32.2. The molecule has 0 unspecified atom stereocenters. The molecule has 2 aromatic carbocycles. The average Bonchev–Trinajstić information content (AvgIpc) is 3.21. The van der Waals surface area contributed by atoms with E-state index >= 15 is 0 Å². The van der Waals surface area contributed by atoms with Crippen LogP contribution in [-0.4, -0.2) is 87.7 Å². The lowest BCUT2D eigenvalue weighted by molar-refractivity contribution is -0.137. The molecule has 0 saturated heterocycles. The summed E-state index contributed by atoms with van der Waals surface area (Å²) in [7, 11) is -9.37. The number of aliphatic imine (C=N–C) groups is 1. The van der Waals surface area contributed by atoms with Crippen LogP contribution < -0.4 is 4.90 Å². The molecule has 50 heavy (non-hydrogen) atoms. The number of aryl methyl sites for hydroxylation is 1. The number of sulfonamides is 1. The summed E-state index contributed by atoms with van der Waals surface area (Å²) < 4.78 is 91.9. The van der Waals surface area contributed by atoms with Crippen molar-refractivity contribution in [2.75, 3.05) is 37.8 Å². The molecule has 0 saturated carbocycles. The van der Waals surface area contributed by atoms with Gasteiger partial charge in [-0.15, -0.1) is 0 Å². The van der Waals surface area contributed by atoms with Gasteiger partial charge in [-0.2, -0.15) is 16.8 Å². The van der Waals surface area contributed by atoms with Gasteiger partial charge in [0.1, 0.15) is 0 Å². The monoisotopic (exact) mass is 771 g/mol. The third kappa shape index (κ3) is 11.2. The lowest BCUT2D eigenvalue weighted by Crippen LogP contribution is -2.27. The number of unbranched alkanes of at least 4 members (excludes halogenated alkanes) is 3. The van der Waals surface area contributed by atoms with Crippen molar-refractivity contribution in [1.29, 1.82) is 0 Å². The van der Waals surface area contributed by atoms with E-state index in [1.54, 1.807) is 30.4 Å². The number of rotatable bonds is 17. The standard InChI is InChI=1S/C33H45N3O10S4/c1-24-15-16-25(49(42,43)35(4)5)23-29(24)47-31(34-19-8-10-21-48(39,40)41)13-11-12-30-33(2,3)27-22-26(50(44,45)46)17-18-28(27)36(30)20-9-6-7-14-32(37)38/h11-13,15-18,22-23H,6-10,14,19-21H2,1-5H3,(H,37,38)(H,39,40,41)(H,44,45,46)/b13-11+,30-12+,34-31+. The number of aliphatic carboxylic acids is 1. The number of benzene rings is 2. The largest absolute Gasteiger partial charge is 0.481 e. The van der Waals surface area contributed by atoms with Crippen molar-refractivity contribution < 1.29 is 44.3 Å². The third-order valence-electron chi connectivity index (χ3n) is 8.16. The van der Waals surface area contributed by atoms with Gasteiger partial charge in [0.25, 0.3) is 20.2 Å². The molecule has 0 atom stereocenters. The van der Waals surface area contributed by atoms with Crippen molar-refractivity contribution in [1.82, 2.24) is 4.31 Å². The summed E-state index contributed by atoms with van der Waals surface area (Å²) in [6, 6.07) is 9.27. The van der Waals surface area contributed by atoms with E-state index < -0.39 is 47.4 Å². The zero-order valence-electron chi connectivity index (χ0n) is 28.7. The van der Waals surface area contributed by atoms with Gasteiger partial charge in [0.05, 0.1) is 20.6 Å². The Bertz CT molecular complexity index is 1990. The van der Waals surface area contributed by atoms with Crippen LogP contribution in [0.2, 0.25) is 0 Å². The number of carbonyl (C=O) groups is 1. The smallest absolute Gasteiger partial charge is 0.303 e. The number of fused-ring (bicyclic) bond motifs is 1. The van der Waals surface area contributed by atoms with E-state index in [2.05, 4.69) is 4.99 Å². The Balaban J connectivity index is 2.02. The normalized spacial score (nSPS) is 16.1. The molecule has 2 aromatic rings. The maximum Gasteiger partial charge on any atom is 0.303 e. The minimum absolute atomic E-state index is 0.0598. The molecule has 276 valence electrons. The minimum atomic E-state index is -4.46. The first-order valence-corrected chi connectivity index (χ1v) is 21.2. The van der Waals surface area contributed by atoms with E-state index in [4.69, 9.17) is 9.66 Å². The highest BCUT2D eigenvalue weighted by molar-refractivity contribution is 8.14. The Morgan fingerprint density at radius 2 is 1.62 bits per heavy atom. The van der Waals surface area contributed by atoms with Crippen LogP contribution in [0.5, 0.6) is 0 Å². The molecule has 3 N–H and O–H groups in total. The molecular weight excluding hydrogens is 727 g/mol. The maximum absolute atomic E-state index is 12.8. The summed E-state index contributed by atoms with van der Waals surface area (Å²) in [5.74, 6) is -1.26. The fourth-order valence-corrected chi connectivity index (χ4v) is 8.40. The summed E-state index contributed by atoms with van der Waals surface area (Å²) in [6.07, 6.45) is 7.88. The number of carboxylic acid groups (broad SMARTS) is 1. The summed E-state index contributed by atoms with van der Waals surface area (Å²) in [4.78, 5) is 18.2. The molecule has 1 heterocycles. The molecule has 13 nitrogen and oxygen atoms in total. The molecule has 0 radical (unpaired) electrons. The first-order chi connectivity index (χ1) is 23.1. The van der Waals surface area contributed by atoms with Gasteiger partial charge in [-0.05, 0) is 86.2 Å². The summed E-state index contributed by atoms with van der Waals surface area (Å²) in [5.41, 5.74) is 2.39. The fraction of sp³-hybridized carbons (Fsp3) is 0.455. The second kappa shape index (κ2) is 17.0. The van der Waals surface area contributed by atoms with Gasteiger partial charge in [-0.1, -0.05) is 44.2 Å². The quantitative estimate of drug-likeness (QED) is 0.0598. The average molecular weight is 772 g/mol. The second-order valence-corrected chi connectivity index (χ2v) is 18.8.